The van der Waals surface area contributed by atoms with E-state index in [0.29, 0.717) is 17.8 Å². The predicted molar refractivity (Wildman–Crippen MR) is 180 cm³/mol. The van der Waals surface area contributed by atoms with E-state index >= 15 is 4.79 Å². The summed E-state index contributed by atoms with van der Waals surface area (Å²) >= 11 is 0. The molecule has 4 heteroatoms. The van der Waals surface area contributed by atoms with E-state index in [9.17, 15) is 0 Å². The van der Waals surface area contributed by atoms with Crippen molar-refractivity contribution in [1.29, 1.82) is 0 Å². The van der Waals surface area contributed by atoms with Crippen molar-refractivity contribution in [2.24, 2.45) is 35.0 Å². The molecule has 0 radical (unpaired) electrons. The van der Waals surface area contributed by atoms with Crippen LogP contribution in [0.2, 0.25) is 0 Å². The third-order valence-electron chi connectivity index (χ3n) is 13.3. The zero-order valence-corrected chi connectivity index (χ0v) is 29.7. The molecular weight excluding hydrogens is 528 g/mol. The molecule has 2 saturated heterocycles. The van der Waals surface area contributed by atoms with E-state index in [4.69, 9.17) is 4.74 Å². The highest BCUT2D eigenvalue weighted by molar-refractivity contribution is 5.78. The van der Waals surface area contributed by atoms with Crippen molar-refractivity contribution in [2.75, 3.05) is 0 Å². The van der Waals surface area contributed by atoms with E-state index in [2.05, 4.69) is 66.0 Å². The topological polar surface area (TPSA) is 50.4 Å². The molecule has 0 bridgehead atoms. The summed E-state index contributed by atoms with van der Waals surface area (Å²) in [6.45, 7) is 19.1. The fraction of sp³-hybridized carbons (Fsp3) is 0.974. The van der Waals surface area contributed by atoms with Crippen molar-refractivity contribution in [3.05, 3.63) is 0 Å². The molecule has 43 heavy (non-hydrogen) atoms. The highest BCUT2D eigenvalue weighted by Gasteiger charge is 2.59. The van der Waals surface area contributed by atoms with Gasteiger partial charge in [0.25, 0.3) is 0 Å². The van der Waals surface area contributed by atoms with E-state index in [1.54, 1.807) is 0 Å². The van der Waals surface area contributed by atoms with Crippen LogP contribution in [0.15, 0.2) is 0 Å². The van der Waals surface area contributed by atoms with Crippen LogP contribution >= 0.6 is 0 Å². The van der Waals surface area contributed by atoms with Gasteiger partial charge in [-0.25, -0.2) is 0 Å². The molecule has 5 rings (SSSR count). The molecular formula is C39H70N2O2. The highest BCUT2D eigenvalue weighted by atomic mass is 16.5. The van der Waals surface area contributed by atoms with Gasteiger partial charge in [-0.1, -0.05) is 83.5 Å². The maximum absolute atomic E-state index is 15.1. The molecule has 2 aliphatic heterocycles. The second kappa shape index (κ2) is 12.9. The molecule has 248 valence electrons. The van der Waals surface area contributed by atoms with Crippen LogP contribution in [-0.2, 0) is 9.53 Å². The van der Waals surface area contributed by atoms with E-state index in [1.807, 2.05) is 0 Å². The van der Waals surface area contributed by atoms with Crippen LogP contribution in [0.3, 0.4) is 0 Å². The molecule has 3 saturated carbocycles. The van der Waals surface area contributed by atoms with E-state index < -0.39 is 0 Å². The minimum Gasteiger partial charge on any atom is -0.462 e. The Kier molecular flexibility index (Phi) is 10.1. The maximum atomic E-state index is 15.1. The molecule has 2 N–H and O–H groups in total. The van der Waals surface area contributed by atoms with Gasteiger partial charge in [0.1, 0.15) is 6.10 Å². The minimum absolute atomic E-state index is 0.000918. The first-order chi connectivity index (χ1) is 20.1. The summed E-state index contributed by atoms with van der Waals surface area (Å²) in [5.41, 5.74) is -0.407. The molecule has 4 nitrogen and oxygen atoms in total. The SMILES string of the molecule is CC1(C)CC(OC(=O)C2(C3CC(C)(C)NC(C)(C)C3CC3CCCCC3)CCCCC2)C(CC2CCCCC2)C(C)(C)N1. The Morgan fingerprint density at radius 2 is 1.05 bits per heavy atom. The van der Waals surface area contributed by atoms with Gasteiger partial charge in [-0.05, 0) is 111 Å². The summed E-state index contributed by atoms with van der Waals surface area (Å²) in [6, 6.07) is 0. The van der Waals surface area contributed by atoms with Gasteiger partial charge in [-0.15, -0.1) is 0 Å². The lowest BCUT2D eigenvalue weighted by molar-refractivity contribution is -0.184. The number of hydrogen-bond donors (Lipinski definition) is 2. The molecule has 0 spiro atoms. The van der Waals surface area contributed by atoms with Gasteiger partial charge in [-0.3, -0.25) is 4.79 Å². The summed E-state index contributed by atoms with van der Waals surface area (Å²) in [4.78, 5) is 15.1. The maximum Gasteiger partial charge on any atom is 0.312 e. The minimum atomic E-state index is -0.344. The standard InChI is InChI=1S/C39H70N2O2/c1-35(2)26-32(30(37(5,6)40-35)24-28-18-12-9-13-19-28)39(22-16-11-17-23-39)34(42)43-33-27-36(3,4)41-38(7,8)31(33)25-29-20-14-10-15-21-29/h28-33,40-41H,9-27H2,1-8H3. The van der Waals surface area contributed by atoms with Gasteiger partial charge in [0.05, 0.1) is 5.41 Å². The van der Waals surface area contributed by atoms with E-state index in [1.165, 1.54) is 96.3 Å². The average Bonchev–Trinajstić information content (AvgIpc) is 2.92. The summed E-state index contributed by atoms with van der Waals surface area (Å²) in [5, 5.41) is 8.09. The van der Waals surface area contributed by atoms with Gasteiger partial charge in [0.15, 0.2) is 0 Å². The summed E-state index contributed by atoms with van der Waals surface area (Å²) in [6.07, 6.45) is 23.9. The number of ether oxygens (including phenoxy) is 1. The normalized spacial score (nSPS) is 36.1. The largest absolute Gasteiger partial charge is 0.462 e. The number of nitrogens with one attached hydrogen (secondary N) is 2. The fourth-order valence-electron chi connectivity index (χ4n) is 11.7. The summed E-state index contributed by atoms with van der Waals surface area (Å²) in [5.74, 6) is 3.03. The van der Waals surface area contributed by atoms with Gasteiger partial charge in [0, 0.05) is 34.5 Å². The van der Waals surface area contributed by atoms with Gasteiger partial charge in [-0.2, -0.15) is 0 Å². The van der Waals surface area contributed by atoms with Crippen molar-refractivity contribution in [1.82, 2.24) is 10.6 Å². The lowest BCUT2D eigenvalue weighted by atomic mass is 9.52. The number of hydrogen-bond acceptors (Lipinski definition) is 4. The van der Waals surface area contributed by atoms with Crippen molar-refractivity contribution >= 4 is 5.97 Å². The van der Waals surface area contributed by atoms with Crippen LogP contribution in [0.5, 0.6) is 0 Å². The first-order valence-electron chi connectivity index (χ1n) is 18.9. The fourth-order valence-corrected chi connectivity index (χ4v) is 11.7. The zero-order valence-electron chi connectivity index (χ0n) is 29.7. The van der Waals surface area contributed by atoms with E-state index in [0.717, 1.165) is 37.5 Å². The van der Waals surface area contributed by atoms with Crippen LogP contribution in [0.25, 0.3) is 0 Å². The molecule has 4 unspecified atom stereocenters. The number of carbonyl (C=O) groups is 1. The van der Waals surface area contributed by atoms with Gasteiger partial charge in [0.2, 0.25) is 0 Å². The third-order valence-corrected chi connectivity index (χ3v) is 13.3. The molecule has 2 heterocycles. The van der Waals surface area contributed by atoms with Gasteiger partial charge < -0.3 is 15.4 Å². The number of rotatable bonds is 7. The Labute approximate surface area is 266 Å². The number of piperidine rings is 2. The lowest BCUT2D eigenvalue weighted by Gasteiger charge is -2.59. The third kappa shape index (κ3) is 7.69. The molecule has 0 aromatic carbocycles. The Morgan fingerprint density at radius 3 is 1.58 bits per heavy atom. The van der Waals surface area contributed by atoms with Crippen molar-refractivity contribution in [2.45, 2.75) is 206 Å². The van der Waals surface area contributed by atoms with Crippen LogP contribution in [0.1, 0.15) is 177 Å². The molecule has 0 aromatic rings. The Bertz CT molecular complexity index is 933. The van der Waals surface area contributed by atoms with Crippen LogP contribution < -0.4 is 10.6 Å². The number of carbonyl (C=O) groups excluding carboxylic acids is 1. The van der Waals surface area contributed by atoms with Crippen molar-refractivity contribution in [3.63, 3.8) is 0 Å². The lowest BCUT2D eigenvalue weighted by Crippen LogP contribution is -2.67. The van der Waals surface area contributed by atoms with E-state index in [-0.39, 0.29) is 39.6 Å². The quantitative estimate of drug-likeness (QED) is 0.286. The zero-order chi connectivity index (χ0) is 31.1. The molecule has 0 amide bonds. The second-order valence-electron chi connectivity index (χ2n) is 18.8. The Balaban J connectivity index is 1.46. The molecule has 5 fully saturated rings. The van der Waals surface area contributed by atoms with Crippen LogP contribution in [0, 0.1) is 35.0 Å². The summed E-state index contributed by atoms with van der Waals surface area (Å²) < 4.78 is 7.09. The first-order valence-corrected chi connectivity index (χ1v) is 18.9. The second-order valence-corrected chi connectivity index (χ2v) is 18.8. The monoisotopic (exact) mass is 599 g/mol. The predicted octanol–water partition coefficient (Wildman–Crippen LogP) is 9.74. The molecule has 0 aromatic heterocycles. The van der Waals surface area contributed by atoms with Crippen molar-refractivity contribution < 1.29 is 9.53 Å². The molecule has 3 aliphatic carbocycles. The van der Waals surface area contributed by atoms with Crippen LogP contribution in [0.4, 0.5) is 0 Å². The smallest absolute Gasteiger partial charge is 0.312 e. The molecule has 5 aliphatic rings. The Morgan fingerprint density at radius 1 is 0.605 bits per heavy atom. The Hall–Kier alpha value is -0.610. The highest BCUT2D eigenvalue weighted by Crippen LogP contribution is 2.56. The first kappa shape index (κ1) is 33.7. The van der Waals surface area contributed by atoms with Crippen LogP contribution in [-0.4, -0.2) is 34.2 Å². The number of esters is 1. The van der Waals surface area contributed by atoms with Gasteiger partial charge >= 0.3 is 5.97 Å². The van der Waals surface area contributed by atoms with Crippen molar-refractivity contribution in [3.8, 4) is 0 Å². The summed E-state index contributed by atoms with van der Waals surface area (Å²) in [7, 11) is 0. The molecule has 4 atom stereocenters. The average molecular weight is 599 g/mol.